The molecular weight excluding hydrogens is 584 g/mol. The monoisotopic (exact) mass is 614 g/mol. The van der Waals surface area contributed by atoms with E-state index in [-0.39, 0.29) is 56.8 Å². The summed E-state index contributed by atoms with van der Waals surface area (Å²) in [5.74, 6) is -6.08. The first-order valence-electron chi connectivity index (χ1n) is 12.5. The van der Waals surface area contributed by atoms with Crippen LogP contribution in [0.5, 0.6) is 34.5 Å². The van der Waals surface area contributed by atoms with Gasteiger partial charge in [0.25, 0.3) is 0 Å². The van der Waals surface area contributed by atoms with Crippen LogP contribution in [0.1, 0.15) is 38.8 Å². The number of rotatable bonds is 11. The average molecular weight is 615 g/mol. The van der Waals surface area contributed by atoms with E-state index in [9.17, 15) is 28.8 Å². The molecule has 14 heteroatoms. The van der Waals surface area contributed by atoms with Crippen LogP contribution in [0.3, 0.4) is 0 Å². The van der Waals surface area contributed by atoms with Gasteiger partial charge in [-0.15, -0.1) is 0 Å². The number of carbonyl (C=O) groups excluding carboxylic acids is 6. The summed E-state index contributed by atoms with van der Waals surface area (Å²) in [5.41, 5.74) is -0.557. The van der Waals surface area contributed by atoms with Gasteiger partial charge in [0, 0.05) is 38.8 Å². The first-order valence-corrected chi connectivity index (χ1v) is 12.5. The molecule has 0 spiro atoms. The van der Waals surface area contributed by atoms with Crippen molar-refractivity contribution in [3.63, 3.8) is 0 Å². The Hall–Kier alpha value is -5.66. The first-order chi connectivity index (χ1) is 20.8. The van der Waals surface area contributed by atoms with Gasteiger partial charge in [-0.2, -0.15) is 0 Å². The third-order valence-electron chi connectivity index (χ3n) is 5.32. The van der Waals surface area contributed by atoms with E-state index in [4.69, 9.17) is 37.9 Å². The highest BCUT2D eigenvalue weighted by atomic mass is 16.6. The number of benzene rings is 2. The molecule has 0 aliphatic heterocycles. The van der Waals surface area contributed by atoms with Crippen LogP contribution in [-0.2, 0) is 38.2 Å². The van der Waals surface area contributed by atoms with E-state index in [0.29, 0.717) is 0 Å². The molecule has 0 N–H and O–H groups in total. The van der Waals surface area contributed by atoms with Gasteiger partial charge in [0.05, 0.1) is 39.6 Å². The summed E-state index contributed by atoms with van der Waals surface area (Å²) >= 11 is 0. The maximum Gasteiger partial charge on any atom is 0.338 e. The number of esters is 6. The summed E-state index contributed by atoms with van der Waals surface area (Å²) in [6.45, 7) is 4.50. The van der Waals surface area contributed by atoms with Crippen LogP contribution in [-0.4, -0.2) is 64.3 Å². The molecular formula is C30H30O14. The van der Waals surface area contributed by atoms with Crippen molar-refractivity contribution in [1.29, 1.82) is 0 Å². The van der Waals surface area contributed by atoms with Crippen LogP contribution >= 0.6 is 0 Å². The van der Waals surface area contributed by atoms with E-state index in [1.165, 1.54) is 50.6 Å². The summed E-state index contributed by atoms with van der Waals surface area (Å²) in [6, 6.07) is 5.31. The van der Waals surface area contributed by atoms with Gasteiger partial charge >= 0.3 is 35.8 Å². The topological polar surface area (TPSA) is 176 Å². The normalized spacial score (nSPS) is 11.1. The zero-order chi connectivity index (χ0) is 33.1. The fourth-order valence-corrected chi connectivity index (χ4v) is 3.74. The third-order valence-corrected chi connectivity index (χ3v) is 5.32. The Balaban J connectivity index is 2.97. The quantitative estimate of drug-likeness (QED) is 0.156. The molecule has 0 amide bonds. The van der Waals surface area contributed by atoms with Gasteiger partial charge in [-0.25, -0.2) is 9.59 Å². The number of hydrogen-bond donors (Lipinski definition) is 0. The van der Waals surface area contributed by atoms with Gasteiger partial charge in [0.15, 0.2) is 23.0 Å². The van der Waals surface area contributed by atoms with E-state index < -0.39 is 35.8 Å². The molecule has 14 nitrogen and oxygen atoms in total. The number of carbonyl (C=O) groups is 6. The molecule has 2 aromatic carbocycles. The number of methoxy groups -OCH3 is 4. The summed E-state index contributed by atoms with van der Waals surface area (Å²) in [6.07, 6.45) is 2.37. The van der Waals surface area contributed by atoms with E-state index in [0.717, 1.165) is 41.9 Å². The lowest BCUT2D eigenvalue weighted by atomic mass is 9.98. The maximum atomic E-state index is 13.1. The summed E-state index contributed by atoms with van der Waals surface area (Å²) < 4.78 is 41.4. The molecule has 0 radical (unpaired) electrons. The van der Waals surface area contributed by atoms with Crippen molar-refractivity contribution in [2.45, 2.75) is 27.7 Å². The molecule has 0 fully saturated rings. The molecule has 234 valence electrons. The Morgan fingerprint density at radius 2 is 0.795 bits per heavy atom. The minimum atomic E-state index is -1.00. The second-order valence-corrected chi connectivity index (χ2v) is 8.50. The Morgan fingerprint density at radius 3 is 1.05 bits per heavy atom. The highest BCUT2D eigenvalue weighted by Gasteiger charge is 2.27. The van der Waals surface area contributed by atoms with E-state index in [1.54, 1.807) is 0 Å². The van der Waals surface area contributed by atoms with Crippen molar-refractivity contribution >= 4 is 48.0 Å². The van der Waals surface area contributed by atoms with E-state index in [2.05, 4.69) is 0 Å². The highest BCUT2D eigenvalue weighted by Crippen LogP contribution is 2.43. The second-order valence-electron chi connectivity index (χ2n) is 8.50. The predicted octanol–water partition coefficient (Wildman–Crippen LogP) is 3.22. The molecule has 44 heavy (non-hydrogen) atoms. The van der Waals surface area contributed by atoms with Crippen LogP contribution in [0.2, 0.25) is 0 Å². The highest BCUT2D eigenvalue weighted by molar-refractivity contribution is 6.13. The number of hydrogen-bond acceptors (Lipinski definition) is 14. The van der Waals surface area contributed by atoms with Gasteiger partial charge in [0.1, 0.15) is 0 Å². The van der Waals surface area contributed by atoms with Crippen LogP contribution in [0, 0.1) is 0 Å². The zero-order valence-corrected chi connectivity index (χ0v) is 25.2. The van der Waals surface area contributed by atoms with E-state index in [1.807, 2.05) is 0 Å². The van der Waals surface area contributed by atoms with Crippen molar-refractivity contribution in [3.05, 3.63) is 46.5 Å². The Kier molecular flexibility index (Phi) is 12.2. The Morgan fingerprint density at radius 1 is 0.477 bits per heavy atom. The molecule has 0 unspecified atom stereocenters. The largest absolute Gasteiger partial charge is 0.492 e. The fraction of sp³-hybridized carbons (Fsp3) is 0.267. The molecule has 0 aliphatic rings. The van der Waals surface area contributed by atoms with Gasteiger partial charge in [0.2, 0.25) is 11.5 Å². The molecule has 0 aromatic heterocycles. The van der Waals surface area contributed by atoms with Gasteiger partial charge in [-0.1, -0.05) is 0 Å². The van der Waals surface area contributed by atoms with Crippen molar-refractivity contribution < 1.29 is 66.7 Å². The summed E-state index contributed by atoms with van der Waals surface area (Å²) in [4.78, 5) is 73.1. The Labute approximate surface area is 252 Å². The number of ether oxygens (including phenoxy) is 8. The van der Waals surface area contributed by atoms with Crippen LogP contribution in [0.4, 0.5) is 0 Å². The van der Waals surface area contributed by atoms with Crippen molar-refractivity contribution in [2.24, 2.45) is 0 Å². The third kappa shape index (κ3) is 8.67. The summed E-state index contributed by atoms with van der Waals surface area (Å²) in [5, 5.41) is 0. The molecule has 0 aliphatic carbocycles. The predicted molar refractivity (Wildman–Crippen MR) is 151 cm³/mol. The summed E-state index contributed by atoms with van der Waals surface area (Å²) in [7, 11) is 4.61. The maximum absolute atomic E-state index is 13.1. The molecule has 0 bridgehead atoms. The first kappa shape index (κ1) is 34.5. The average Bonchev–Trinajstić information content (AvgIpc) is 2.95. The molecule has 0 saturated carbocycles. The van der Waals surface area contributed by atoms with Crippen LogP contribution < -0.4 is 28.4 Å². The van der Waals surface area contributed by atoms with Gasteiger partial charge in [-0.3, -0.25) is 19.2 Å². The SMILES string of the molecule is COC(=O)C(=C\c1ccc(OC(C)=O)c(OC(C)=O)c1OC)/C(=C/c1ccc(OC(C)=O)c(OC(C)=O)c1OC)C(=O)OC. The van der Waals surface area contributed by atoms with Crippen LogP contribution in [0.15, 0.2) is 35.4 Å². The smallest absolute Gasteiger partial charge is 0.338 e. The Bertz CT molecular complexity index is 1430. The lowest BCUT2D eigenvalue weighted by Gasteiger charge is -2.17. The standard InChI is InChI=1S/C30H30O14/c1-15(31)41-23-11-9-19(25(37-5)27(23)43-17(3)33)13-21(29(35)39-7)22(30(36)40-8)14-20-10-12-24(42-16(2)32)28(26(20)38-6)44-18(4)34/h9-14H,1-8H3/b21-13-,22-14-. The molecule has 2 aromatic rings. The van der Waals surface area contributed by atoms with E-state index >= 15 is 0 Å². The van der Waals surface area contributed by atoms with Crippen molar-refractivity contribution in [2.75, 3.05) is 28.4 Å². The molecule has 2 rings (SSSR count). The molecule has 0 saturated heterocycles. The minimum Gasteiger partial charge on any atom is -0.492 e. The van der Waals surface area contributed by atoms with Gasteiger partial charge < -0.3 is 37.9 Å². The molecule has 0 atom stereocenters. The lowest BCUT2D eigenvalue weighted by molar-refractivity contribution is -0.139. The van der Waals surface area contributed by atoms with Crippen LogP contribution in [0.25, 0.3) is 12.2 Å². The second kappa shape index (κ2) is 15.5. The molecule has 0 heterocycles. The van der Waals surface area contributed by atoms with Crippen molar-refractivity contribution in [3.8, 4) is 34.5 Å². The van der Waals surface area contributed by atoms with Gasteiger partial charge in [-0.05, 0) is 36.4 Å². The zero-order valence-electron chi connectivity index (χ0n) is 25.2. The minimum absolute atomic E-state index is 0.0904. The van der Waals surface area contributed by atoms with Crippen molar-refractivity contribution in [1.82, 2.24) is 0 Å². The lowest BCUT2D eigenvalue weighted by Crippen LogP contribution is -2.15. The fourth-order valence-electron chi connectivity index (χ4n) is 3.74.